The van der Waals surface area contributed by atoms with Gasteiger partial charge in [0, 0.05) is 18.8 Å². The number of hydrogen-bond donors (Lipinski definition) is 1. The summed E-state index contributed by atoms with van der Waals surface area (Å²) < 4.78 is 37.5. The summed E-state index contributed by atoms with van der Waals surface area (Å²) in [6.45, 7) is 1.37. The highest BCUT2D eigenvalue weighted by molar-refractivity contribution is 7.90. The second-order valence-electron chi connectivity index (χ2n) is 5.22. The molecule has 1 aliphatic rings. The van der Waals surface area contributed by atoms with Crippen molar-refractivity contribution < 1.29 is 12.8 Å². The van der Waals surface area contributed by atoms with E-state index in [1.807, 2.05) is 11.9 Å². The summed E-state index contributed by atoms with van der Waals surface area (Å²) in [5.41, 5.74) is 6.21. The zero-order chi connectivity index (χ0) is 14.2. The Labute approximate surface area is 113 Å². The van der Waals surface area contributed by atoms with Crippen molar-refractivity contribution in [3.05, 3.63) is 29.6 Å². The van der Waals surface area contributed by atoms with Crippen LogP contribution < -0.4 is 5.73 Å². The molecule has 2 unspecified atom stereocenters. The van der Waals surface area contributed by atoms with Gasteiger partial charge in [-0.15, -0.1) is 0 Å². The number of halogens is 1. The van der Waals surface area contributed by atoms with Crippen molar-refractivity contribution in [2.45, 2.75) is 17.4 Å². The highest BCUT2D eigenvalue weighted by atomic mass is 32.2. The molecule has 0 aromatic heterocycles. The SMILES string of the molecule is CN1CC(CN)CC1c1cccc(F)c1S(C)(=O)=O. The van der Waals surface area contributed by atoms with Gasteiger partial charge in [0.05, 0.1) is 0 Å². The van der Waals surface area contributed by atoms with Gasteiger partial charge in [-0.05, 0) is 37.6 Å². The molecule has 0 saturated carbocycles. The second-order valence-corrected chi connectivity index (χ2v) is 7.18. The van der Waals surface area contributed by atoms with Crippen molar-refractivity contribution in [2.75, 3.05) is 26.4 Å². The second kappa shape index (κ2) is 5.19. The maximum Gasteiger partial charge on any atom is 0.178 e. The summed E-state index contributed by atoms with van der Waals surface area (Å²) in [6, 6.07) is 4.35. The lowest BCUT2D eigenvalue weighted by molar-refractivity contribution is 0.308. The van der Waals surface area contributed by atoms with Crippen molar-refractivity contribution in [1.29, 1.82) is 0 Å². The van der Waals surface area contributed by atoms with Crippen LogP contribution in [0.2, 0.25) is 0 Å². The fourth-order valence-electron chi connectivity index (χ4n) is 2.82. The highest BCUT2D eigenvalue weighted by Crippen LogP contribution is 2.37. The van der Waals surface area contributed by atoms with Gasteiger partial charge in [0.15, 0.2) is 9.84 Å². The predicted molar refractivity (Wildman–Crippen MR) is 72.0 cm³/mol. The summed E-state index contributed by atoms with van der Waals surface area (Å²) >= 11 is 0. The zero-order valence-corrected chi connectivity index (χ0v) is 12.0. The molecule has 0 amide bonds. The van der Waals surface area contributed by atoms with Crippen LogP contribution in [0.25, 0.3) is 0 Å². The molecular weight excluding hydrogens is 267 g/mol. The van der Waals surface area contributed by atoms with Crippen molar-refractivity contribution >= 4 is 9.84 Å². The van der Waals surface area contributed by atoms with Crippen LogP contribution in [0.5, 0.6) is 0 Å². The Morgan fingerprint density at radius 1 is 1.47 bits per heavy atom. The van der Waals surface area contributed by atoms with E-state index in [1.165, 1.54) is 6.07 Å². The monoisotopic (exact) mass is 286 g/mol. The summed E-state index contributed by atoms with van der Waals surface area (Å²) in [5.74, 6) is -0.352. The van der Waals surface area contributed by atoms with Crippen LogP contribution in [0.1, 0.15) is 18.0 Å². The third-order valence-corrected chi connectivity index (χ3v) is 4.87. The van der Waals surface area contributed by atoms with Gasteiger partial charge >= 0.3 is 0 Å². The van der Waals surface area contributed by atoms with Crippen molar-refractivity contribution in [2.24, 2.45) is 11.7 Å². The average Bonchev–Trinajstić information content (AvgIpc) is 2.68. The molecule has 0 radical (unpaired) electrons. The lowest BCUT2D eigenvalue weighted by atomic mass is 10.00. The Morgan fingerprint density at radius 3 is 2.68 bits per heavy atom. The van der Waals surface area contributed by atoms with Crippen molar-refractivity contribution in [1.82, 2.24) is 4.90 Å². The van der Waals surface area contributed by atoms with E-state index in [1.54, 1.807) is 12.1 Å². The summed E-state index contributed by atoms with van der Waals surface area (Å²) in [6.07, 6.45) is 1.81. The van der Waals surface area contributed by atoms with E-state index in [4.69, 9.17) is 5.73 Å². The van der Waals surface area contributed by atoms with E-state index < -0.39 is 15.7 Å². The van der Waals surface area contributed by atoms with E-state index in [2.05, 4.69) is 0 Å². The number of nitrogens with zero attached hydrogens (tertiary/aromatic N) is 1. The molecule has 0 bridgehead atoms. The smallest absolute Gasteiger partial charge is 0.178 e. The predicted octanol–water partition coefficient (Wildman–Crippen LogP) is 1.18. The van der Waals surface area contributed by atoms with Crippen molar-refractivity contribution in [3.63, 3.8) is 0 Å². The van der Waals surface area contributed by atoms with Crippen LogP contribution in [-0.2, 0) is 9.84 Å². The van der Waals surface area contributed by atoms with Crippen LogP contribution in [0.4, 0.5) is 4.39 Å². The maximum atomic E-state index is 13.9. The number of rotatable bonds is 3. The van der Waals surface area contributed by atoms with Gasteiger partial charge in [0.2, 0.25) is 0 Å². The number of benzene rings is 1. The van der Waals surface area contributed by atoms with Gasteiger partial charge in [0.1, 0.15) is 10.7 Å². The molecule has 1 saturated heterocycles. The summed E-state index contributed by atoms with van der Waals surface area (Å²) in [7, 11) is -1.67. The van der Waals surface area contributed by atoms with Gasteiger partial charge in [-0.3, -0.25) is 4.90 Å². The van der Waals surface area contributed by atoms with Gasteiger partial charge in [-0.25, -0.2) is 12.8 Å². The summed E-state index contributed by atoms with van der Waals surface area (Å²) in [5, 5.41) is 0. The normalized spacial score (nSPS) is 24.8. The summed E-state index contributed by atoms with van der Waals surface area (Å²) in [4.78, 5) is 1.87. The third-order valence-electron chi connectivity index (χ3n) is 3.70. The van der Waals surface area contributed by atoms with E-state index in [0.717, 1.165) is 19.2 Å². The molecule has 19 heavy (non-hydrogen) atoms. The van der Waals surface area contributed by atoms with Gasteiger partial charge < -0.3 is 5.73 Å². The average molecular weight is 286 g/mol. The van der Waals surface area contributed by atoms with Crippen molar-refractivity contribution in [3.8, 4) is 0 Å². The van der Waals surface area contributed by atoms with Crippen LogP contribution in [0.3, 0.4) is 0 Å². The molecule has 2 rings (SSSR count). The molecule has 106 valence electrons. The standard InChI is InChI=1S/C13H19FN2O2S/c1-16-8-9(7-15)6-12(16)10-4-3-5-11(14)13(10)19(2,17)18/h3-5,9,12H,6-8,15H2,1-2H3. The van der Waals surface area contributed by atoms with E-state index in [0.29, 0.717) is 18.0 Å². The molecule has 2 N–H and O–H groups in total. The van der Waals surface area contributed by atoms with Crippen LogP contribution in [0.15, 0.2) is 23.1 Å². The number of sulfone groups is 1. The molecule has 1 heterocycles. The minimum atomic E-state index is -3.58. The third kappa shape index (κ3) is 2.80. The number of hydrogen-bond acceptors (Lipinski definition) is 4. The minimum Gasteiger partial charge on any atom is -0.330 e. The molecule has 1 aromatic rings. The number of nitrogens with two attached hydrogens (primary N) is 1. The largest absolute Gasteiger partial charge is 0.330 e. The molecule has 0 aliphatic carbocycles. The lowest BCUT2D eigenvalue weighted by Gasteiger charge is -2.22. The first kappa shape index (κ1) is 14.4. The zero-order valence-electron chi connectivity index (χ0n) is 11.1. The minimum absolute atomic E-state index is 0.0889. The molecule has 6 heteroatoms. The topological polar surface area (TPSA) is 63.4 Å². The van der Waals surface area contributed by atoms with Crippen LogP contribution >= 0.6 is 0 Å². The fourth-order valence-corrected chi connectivity index (χ4v) is 3.87. The maximum absolute atomic E-state index is 13.9. The molecule has 4 nitrogen and oxygen atoms in total. The van der Waals surface area contributed by atoms with E-state index in [9.17, 15) is 12.8 Å². The molecule has 1 aromatic carbocycles. The molecular formula is C13H19FN2O2S. The molecule has 1 aliphatic heterocycles. The lowest BCUT2D eigenvalue weighted by Crippen LogP contribution is -2.22. The van der Waals surface area contributed by atoms with Crippen LogP contribution in [-0.4, -0.2) is 39.7 Å². The van der Waals surface area contributed by atoms with Gasteiger partial charge in [-0.1, -0.05) is 12.1 Å². The Kier molecular flexibility index (Phi) is 3.94. The Balaban J connectivity index is 2.49. The van der Waals surface area contributed by atoms with Gasteiger partial charge in [0.25, 0.3) is 0 Å². The molecule has 1 fully saturated rings. The quantitative estimate of drug-likeness (QED) is 0.906. The first-order chi connectivity index (χ1) is 8.84. The first-order valence-electron chi connectivity index (χ1n) is 6.23. The van der Waals surface area contributed by atoms with E-state index >= 15 is 0 Å². The number of likely N-dealkylation sites (tertiary alicyclic amines) is 1. The van der Waals surface area contributed by atoms with E-state index in [-0.39, 0.29) is 10.9 Å². The Hall–Kier alpha value is -0.980. The Bertz CT molecular complexity index is 574. The van der Waals surface area contributed by atoms with Crippen LogP contribution in [0, 0.1) is 11.7 Å². The molecule has 2 atom stereocenters. The fraction of sp³-hybridized carbons (Fsp3) is 0.538. The Morgan fingerprint density at radius 2 is 2.16 bits per heavy atom. The first-order valence-corrected chi connectivity index (χ1v) is 8.12. The van der Waals surface area contributed by atoms with Gasteiger partial charge in [-0.2, -0.15) is 0 Å². The molecule has 0 spiro atoms. The highest BCUT2D eigenvalue weighted by Gasteiger charge is 2.33.